The molecule has 3 aromatic carbocycles. The van der Waals surface area contributed by atoms with Crippen LogP contribution in [0.15, 0.2) is 54.6 Å². The zero-order valence-electron chi connectivity index (χ0n) is 16.5. The summed E-state index contributed by atoms with van der Waals surface area (Å²) >= 11 is -0.826. The van der Waals surface area contributed by atoms with Gasteiger partial charge in [0.05, 0.1) is 0 Å². The summed E-state index contributed by atoms with van der Waals surface area (Å²) in [5.41, 5.74) is 6.69. The van der Waals surface area contributed by atoms with E-state index in [1.165, 1.54) is 27.6 Å². The number of nitrogens with one attached hydrogen (secondary N) is 1. The van der Waals surface area contributed by atoms with Crippen molar-refractivity contribution in [2.45, 2.75) is 45.3 Å². The summed E-state index contributed by atoms with van der Waals surface area (Å²) in [6.07, 6.45) is 0.981. The molecule has 3 aromatic rings. The van der Waals surface area contributed by atoms with E-state index < -0.39 is 20.8 Å². The van der Waals surface area contributed by atoms with Gasteiger partial charge in [0.15, 0.2) is 0 Å². The van der Waals surface area contributed by atoms with Crippen LogP contribution in [0, 0.1) is 0 Å². The van der Waals surface area contributed by atoms with Gasteiger partial charge in [0, 0.05) is 16.1 Å². The monoisotopic (exact) mass is 499 g/mol. The predicted octanol–water partition coefficient (Wildman–Crippen LogP) is 7.46. The Bertz CT molecular complexity index is 683. The average Bonchev–Trinajstić information content (AvgIpc) is 2.98. The first-order valence-corrected chi connectivity index (χ1v) is 16.8. The molecule has 0 spiro atoms. The zero-order chi connectivity index (χ0) is 20.7. The van der Waals surface area contributed by atoms with E-state index in [0.717, 1.165) is 15.9 Å². The number of rotatable bonds is 3. The van der Waals surface area contributed by atoms with Crippen LogP contribution in [0.4, 0.5) is 0 Å². The maximum atomic E-state index is 8.20. The number of halogens is 2. The maximum Gasteiger partial charge on any atom is -0.0771 e. The molecule has 0 fully saturated rings. The fourth-order valence-corrected chi connectivity index (χ4v) is 2.67. The van der Waals surface area contributed by atoms with Gasteiger partial charge >= 0.3 is 37.9 Å². The molecule has 6 heteroatoms. The molecule has 2 nitrogen and oxygen atoms in total. The van der Waals surface area contributed by atoms with Gasteiger partial charge in [-0.1, -0.05) is 69.8 Å². The molecule has 2 N–H and O–H groups in total. The van der Waals surface area contributed by atoms with Crippen molar-refractivity contribution < 1.29 is 26.0 Å². The minimum Gasteiger partial charge on any atom is -0.126 e. The molecule has 0 atom stereocenters. The smallest absolute Gasteiger partial charge is 0.0771 e. The number of hydrogen-bond acceptors (Lipinski definition) is 1. The summed E-state index contributed by atoms with van der Waals surface area (Å²) in [6, 6.07) is 20.5. The second-order valence-electron chi connectivity index (χ2n) is 6.82. The standard InChI is InChI=1S/C13H9.C4H10N.C4H10OSi.2ClH.Zr/c1-3-7-12-10(5-1)9-11-6-2-4-8-13(11)12;1-4(2,3)5;1-6-4-2-3-5;;;/h1-9H;5H,1-3H3;5H,2-4H2,1H3;2*1H;/q2*-1;;;;+4/p-2. The van der Waals surface area contributed by atoms with Gasteiger partial charge in [-0.25, -0.2) is 0 Å². The molecule has 0 aliphatic rings. The topological polar surface area (TPSA) is 44.0 Å². The average molecular weight is 502 g/mol. The summed E-state index contributed by atoms with van der Waals surface area (Å²) in [7, 11) is 10.9. The fourth-order valence-electron chi connectivity index (χ4n) is 2.16. The van der Waals surface area contributed by atoms with Gasteiger partial charge in [0.1, 0.15) is 0 Å². The van der Waals surface area contributed by atoms with E-state index in [-0.39, 0.29) is 5.54 Å². The van der Waals surface area contributed by atoms with Crippen LogP contribution in [0.5, 0.6) is 0 Å². The molecule has 0 heterocycles. The molecule has 0 bridgehead atoms. The second-order valence-corrected chi connectivity index (χ2v) is 11.8. The molecule has 27 heavy (non-hydrogen) atoms. The summed E-state index contributed by atoms with van der Waals surface area (Å²) in [5, 5.41) is 13.6. The molecule has 0 aliphatic heterocycles. The van der Waals surface area contributed by atoms with Gasteiger partial charge in [0.2, 0.25) is 0 Å². The van der Waals surface area contributed by atoms with E-state index in [9.17, 15) is 0 Å². The van der Waals surface area contributed by atoms with Crippen LogP contribution in [0.25, 0.3) is 27.3 Å². The third kappa shape index (κ3) is 13.7. The normalized spacial score (nSPS) is 9.93. The molecule has 2 radical (unpaired) electrons. The number of aliphatic hydroxyl groups excluding tert-OH is 1. The number of hydrogen-bond donors (Lipinski definition) is 1. The molecule has 0 amide bonds. The first-order chi connectivity index (χ1) is 12.8. The summed E-state index contributed by atoms with van der Waals surface area (Å²) in [4.78, 5) is 0. The Labute approximate surface area is 185 Å². The summed E-state index contributed by atoms with van der Waals surface area (Å²) < 4.78 is 0. The third-order valence-corrected chi connectivity index (χ3v) is 3.96. The van der Waals surface area contributed by atoms with Crippen LogP contribution in [0.2, 0.25) is 12.6 Å². The molecule has 0 saturated heterocycles. The minimum atomic E-state index is -0.826. The van der Waals surface area contributed by atoms with Crippen molar-refractivity contribution in [1.82, 2.24) is 0 Å². The Kier molecular flexibility index (Phi) is 15.7. The summed E-state index contributed by atoms with van der Waals surface area (Å²) in [5.74, 6) is 0. The van der Waals surface area contributed by atoms with Gasteiger partial charge < -0.3 is 10.8 Å². The van der Waals surface area contributed by atoms with Crippen molar-refractivity contribution >= 4 is 48.1 Å². The molecule has 0 aliphatic carbocycles. The van der Waals surface area contributed by atoms with Gasteiger partial charge in [-0.3, -0.25) is 0 Å². The molecular formula is C21H29Cl2NOSiZr. The quantitative estimate of drug-likeness (QED) is 0.226. The van der Waals surface area contributed by atoms with Gasteiger partial charge in [-0.2, -0.15) is 0 Å². The van der Waals surface area contributed by atoms with Crippen molar-refractivity contribution in [2.75, 3.05) is 6.61 Å². The maximum absolute atomic E-state index is 8.20. The van der Waals surface area contributed by atoms with Crippen LogP contribution in [0.1, 0.15) is 27.2 Å². The Morgan fingerprint density at radius 2 is 1.37 bits per heavy atom. The van der Waals surface area contributed by atoms with E-state index in [1.54, 1.807) is 0 Å². The molecule has 0 unspecified atom stereocenters. The van der Waals surface area contributed by atoms with Crippen molar-refractivity contribution in [3.63, 3.8) is 0 Å². The van der Waals surface area contributed by atoms with Crippen molar-refractivity contribution in [1.29, 1.82) is 0 Å². The largest absolute Gasteiger partial charge is 0.126 e. The van der Waals surface area contributed by atoms with E-state index >= 15 is 0 Å². The SMILES string of the molecule is CC(C)(C)[NH-].C[Si]CCCO.[Cl][Zr+2][Cl].c1ccc2c(c1)[cH-]c1ccccc12. The Hall–Kier alpha value is -0.0900. The molecule has 146 valence electrons. The van der Waals surface area contributed by atoms with E-state index in [2.05, 4.69) is 61.1 Å². The first-order valence-electron chi connectivity index (χ1n) is 8.78. The fraction of sp³-hybridized carbons (Fsp3) is 0.381. The van der Waals surface area contributed by atoms with Crippen molar-refractivity contribution in [3.8, 4) is 0 Å². The number of fused-ring (bicyclic) bond motifs is 3. The van der Waals surface area contributed by atoms with Gasteiger partial charge in [-0.05, 0) is 6.42 Å². The minimum absolute atomic E-state index is 0.250. The molecule has 0 saturated carbocycles. The number of aliphatic hydroxyl groups is 1. The first kappa shape index (κ1) is 26.9. The van der Waals surface area contributed by atoms with Crippen LogP contribution in [-0.2, 0) is 20.8 Å². The Balaban J connectivity index is 0.000000409. The zero-order valence-corrected chi connectivity index (χ0v) is 21.5. The van der Waals surface area contributed by atoms with Crippen molar-refractivity contribution in [2.24, 2.45) is 0 Å². The molecule has 3 rings (SSSR count). The van der Waals surface area contributed by atoms with E-state index in [4.69, 9.17) is 27.9 Å². The van der Waals surface area contributed by atoms with Crippen LogP contribution in [-0.4, -0.2) is 26.8 Å². The van der Waals surface area contributed by atoms with Crippen LogP contribution >= 0.6 is 17.0 Å². The molecular weight excluding hydrogens is 472 g/mol. The third-order valence-electron chi connectivity index (χ3n) is 3.11. The van der Waals surface area contributed by atoms with Gasteiger partial charge in [-0.15, -0.1) is 45.3 Å². The second kappa shape index (κ2) is 15.8. The number of benzene rings is 2. The van der Waals surface area contributed by atoms with E-state index in [1.807, 2.05) is 20.8 Å². The van der Waals surface area contributed by atoms with E-state index in [0.29, 0.717) is 6.61 Å². The Morgan fingerprint density at radius 3 is 1.67 bits per heavy atom. The van der Waals surface area contributed by atoms with Crippen LogP contribution < -0.4 is 0 Å². The van der Waals surface area contributed by atoms with Crippen molar-refractivity contribution in [3.05, 3.63) is 60.3 Å². The predicted molar refractivity (Wildman–Crippen MR) is 121 cm³/mol. The Morgan fingerprint density at radius 1 is 1.00 bits per heavy atom. The molecule has 0 aromatic heterocycles. The summed E-state index contributed by atoms with van der Waals surface area (Å²) in [6.45, 7) is 8.07. The van der Waals surface area contributed by atoms with Gasteiger partial charge in [0.25, 0.3) is 0 Å². The van der Waals surface area contributed by atoms with Crippen LogP contribution in [0.3, 0.4) is 0 Å².